The van der Waals surface area contributed by atoms with E-state index in [1.54, 1.807) is 12.1 Å². The Kier molecular flexibility index (Phi) is 6.06. The number of nitro groups is 1. The van der Waals surface area contributed by atoms with Crippen molar-refractivity contribution in [3.63, 3.8) is 0 Å². The van der Waals surface area contributed by atoms with Gasteiger partial charge in [0.05, 0.1) is 28.8 Å². The van der Waals surface area contributed by atoms with Crippen molar-refractivity contribution in [1.29, 1.82) is 0 Å². The van der Waals surface area contributed by atoms with Gasteiger partial charge in [0.15, 0.2) is 6.10 Å². The molecule has 1 N–H and O–H groups in total. The average molecular weight is 385 g/mol. The zero-order valence-electron chi connectivity index (χ0n) is 13.3. The summed E-state index contributed by atoms with van der Waals surface area (Å²) in [6.07, 6.45) is -0.876. The third kappa shape index (κ3) is 4.74. The lowest BCUT2D eigenvalue weighted by molar-refractivity contribution is -0.384. The summed E-state index contributed by atoms with van der Waals surface area (Å²) < 4.78 is 10.6. The summed E-state index contributed by atoms with van der Waals surface area (Å²) in [7, 11) is 1.35. The van der Waals surface area contributed by atoms with Crippen LogP contribution in [0.5, 0.6) is 11.5 Å². The predicted octanol–water partition coefficient (Wildman–Crippen LogP) is 4.32. The van der Waals surface area contributed by atoms with Crippen LogP contribution in [0.4, 0.5) is 11.4 Å². The number of methoxy groups -OCH3 is 1. The highest BCUT2D eigenvalue weighted by Gasteiger charge is 2.19. The molecule has 0 heterocycles. The molecule has 9 heteroatoms. The molecule has 132 valence electrons. The molecule has 25 heavy (non-hydrogen) atoms. The number of nitrogens with zero attached hydrogens (tertiary/aromatic N) is 1. The van der Waals surface area contributed by atoms with Crippen molar-refractivity contribution in [2.24, 2.45) is 0 Å². The van der Waals surface area contributed by atoms with E-state index in [2.05, 4.69) is 5.32 Å². The molecular formula is C16H14Cl2N2O5. The van der Waals surface area contributed by atoms with Gasteiger partial charge >= 0.3 is 0 Å². The van der Waals surface area contributed by atoms with Crippen LogP contribution in [0.3, 0.4) is 0 Å². The Hall–Kier alpha value is -2.51. The predicted molar refractivity (Wildman–Crippen MR) is 94.8 cm³/mol. The van der Waals surface area contributed by atoms with Crippen LogP contribution in [0.2, 0.25) is 10.0 Å². The number of non-ortho nitro benzene ring substituents is 1. The first-order valence-corrected chi connectivity index (χ1v) is 7.82. The number of rotatable bonds is 6. The van der Waals surface area contributed by atoms with Crippen LogP contribution in [0, 0.1) is 10.1 Å². The second-order valence-electron chi connectivity index (χ2n) is 4.97. The quantitative estimate of drug-likeness (QED) is 0.591. The number of hydrogen-bond acceptors (Lipinski definition) is 5. The number of benzene rings is 2. The van der Waals surface area contributed by atoms with Gasteiger partial charge in [0.2, 0.25) is 0 Å². The summed E-state index contributed by atoms with van der Waals surface area (Å²) in [5.74, 6) is 0.00169. The monoisotopic (exact) mass is 384 g/mol. The van der Waals surface area contributed by atoms with Gasteiger partial charge in [-0.1, -0.05) is 23.2 Å². The summed E-state index contributed by atoms with van der Waals surface area (Å²) in [6.45, 7) is 1.54. The minimum Gasteiger partial charge on any atom is -0.494 e. The SMILES string of the molecule is COc1cc([N+](=O)[O-])ccc1NC(=O)[C@@H](C)Oc1ccc(Cl)cc1Cl. The van der Waals surface area contributed by atoms with Crippen molar-refractivity contribution >= 4 is 40.5 Å². The number of carbonyl (C=O) groups is 1. The van der Waals surface area contributed by atoms with Crippen molar-refractivity contribution in [3.8, 4) is 11.5 Å². The van der Waals surface area contributed by atoms with E-state index < -0.39 is 16.9 Å². The van der Waals surface area contributed by atoms with Gasteiger partial charge in [-0.2, -0.15) is 0 Å². The molecule has 2 aromatic rings. The second kappa shape index (κ2) is 8.04. The number of nitrogens with one attached hydrogen (secondary N) is 1. The van der Waals surface area contributed by atoms with E-state index in [1.807, 2.05) is 0 Å². The van der Waals surface area contributed by atoms with E-state index in [0.717, 1.165) is 0 Å². The molecule has 2 aromatic carbocycles. The van der Waals surface area contributed by atoms with Gasteiger partial charge in [-0.15, -0.1) is 0 Å². The number of nitro benzene ring substituents is 1. The molecule has 0 unspecified atom stereocenters. The third-order valence-electron chi connectivity index (χ3n) is 3.22. The fourth-order valence-electron chi connectivity index (χ4n) is 1.95. The molecule has 1 amide bonds. The third-order valence-corrected chi connectivity index (χ3v) is 3.75. The Bertz CT molecular complexity index is 813. The van der Waals surface area contributed by atoms with Gasteiger partial charge < -0.3 is 14.8 Å². The Morgan fingerprint density at radius 2 is 1.92 bits per heavy atom. The van der Waals surface area contributed by atoms with Gasteiger partial charge in [-0.25, -0.2) is 0 Å². The minimum atomic E-state index is -0.876. The zero-order valence-corrected chi connectivity index (χ0v) is 14.8. The van der Waals surface area contributed by atoms with Crippen LogP contribution in [0.25, 0.3) is 0 Å². The Morgan fingerprint density at radius 3 is 2.52 bits per heavy atom. The van der Waals surface area contributed by atoms with E-state index in [-0.39, 0.29) is 22.1 Å². The van der Waals surface area contributed by atoms with Crippen LogP contribution in [-0.4, -0.2) is 24.0 Å². The molecule has 0 aliphatic carbocycles. The summed E-state index contributed by atoms with van der Waals surface area (Å²) in [5.41, 5.74) is 0.142. The van der Waals surface area contributed by atoms with Gasteiger partial charge in [0, 0.05) is 11.1 Å². The van der Waals surface area contributed by atoms with Crippen LogP contribution < -0.4 is 14.8 Å². The maximum atomic E-state index is 12.3. The maximum Gasteiger partial charge on any atom is 0.273 e. The van der Waals surface area contributed by atoms with E-state index >= 15 is 0 Å². The fraction of sp³-hybridized carbons (Fsp3) is 0.188. The fourth-order valence-corrected chi connectivity index (χ4v) is 2.40. The number of halogens is 2. The second-order valence-corrected chi connectivity index (χ2v) is 5.81. The highest BCUT2D eigenvalue weighted by atomic mass is 35.5. The molecule has 0 aliphatic heterocycles. The van der Waals surface area contributed by atoms with Gasteiger partial charge in [-0.3, -0.25) is 14.9 Å². The topological polar surface area (TPSA) is 90.7 Å². The average Bonchev–Trinajstić information content (AvgIpc) is 2.57. The largest absolute Gasteiger partial charge is 0.494 e. The van der Waals surface area contributed by atoms with Crippen LogP contribution in [0.1, 0.15) is 6.92 Å². The maximum absolute atomic E-state index is 12.3. The van der Waals surface area contributed by atoms with Crippen LogP contribution in [0.15, 0.2) is 36.4 Å². The Labute approximate surface area is 153 Å². The van der Waals surface area contributed by atoms with E-state index in [0.29, 0.717) is 10.8 Å². The molecule has 7 nitrogen and oxygen atoms in total. The van der Waals surface area contributed by atoms with Gasteiger partial charge in [0.25, 0.3) is 11.6 Å². The summed E-state index contributed by atoms with van der Waals surface area (Å²) in [6, 6.07) is 8.52. The molecule has 2 rings (SSSR count). The summed E-state index contributed by atoms with van der Waals surface area (Å²) >= 11 is 11.8. The van der Waals surface area contributed by atoms with Crippen molar-refractivity contribution < 1.29 is 19.2 Å². The lowest BCUT2D eigenvalue weighted by atomic mass is 10.2. The molecule has 0 aliphatic rings. The Balaban J connectivity index is 2.11. The first kappa shape index (κ1) is 18.8. The molecule has 0 fully saturated rings. The minimum absolute atomic E-state index is 0.146. The highest BCUT2D eigenvalue weighted by Crippen LogP contribution is 2.30. The number of anilines is 1. The summed E-state index contributed by atoms with van der Waals surface area (Å²) in [4.78, 5) is 22.5. The van der Waals surface area contributed by atoms with E-state index in [4.69, 9.17) is 32.7 Å². The van der Waals surface area contributed by atoms with Crippen molar-refractivity contribution in [3.05, 3.63) is 56.6 Å². The smallest absolute Gasteiger partial charge is 0.273 e. The lowest BCUT2D eigenvalue weighted by Crippen LogP contribution is -2.30. The van der Waals surface area contributed by atoms with Crippen molar-refractivity contribution in [2.45, 2.75) is 13.0 Å². The van der Waals surface area contributed by atoms with E-state index in [1.165, 1.54) is 38.3 Å². The molecular weight excluding hydrogens is 371 g/mol. The van der Waals surface area contributed by atoms with Gasteiger partial charge in [-0.05, 0) is 31.2 Å². The summed E-state index contributed by atoms with van der Waals surface area (Å²) in [5, 5.41) is 14.1. The lowest BCUT2D eigenvalue weighted by Gasteiger charge is -2.17. The first-order chi connectivity index (χ1) is 11.8. The first-order valence-electron chi connectivity index (χ1n) is 7.07. The van der Waals surface area contributed by atoms with Crippen molar-refractivity contribution in [2.75, 3.05) is 12.4 Å². The molecule has 0 spiro atoms. The molecule has 0 aromatic heterocycles. The van der Waals surface area contributed by atoms with E-state index in [9.17, 15) is 14.9 Å². The molecule has 0 radical (unpaired) electrons. The van der Waals surface area contributed by atoms with Crippen LogP contribution in [-0.2, 0) is 4.79 Å². The zero-order chi connectivity index (χ0) is 18.6. The normalized spacial score (nSPS) is 11.5. The molecule has 1 atom stereocenters. The number of amides is 1. The molecule has 0 bridgehead atoms. The highest BCUT2D eigenvalue weighted by molar-refractivity contribution is 6.35. The molecule has 0 saturated carbocycles. The number of ether oxygens (including phenoxy) is 2. The van der Waals surface area contributed by atoms with Gasteiger partial charge in [0.1, 0.15) is 11.5 Å². The van der Waals surface area contributed by atoms with Crippen molar-refractivity contribution in [1.82, 2.24) is 0 Å². The Morgan fingerprint density at radius 1 is 1.20 bits per heavy atom. The number of hydrogen-bond donors (Lipinski definition) is 1. The standard InChI is InChI=1S/C16H14Cl2N2O5/c1-9(25-14-6-3-10(17)7-12(14)18)16(21)19-13-5-4-11(20(22)23)8-15(13)24-2/h3-9H,1-2H3,(H,19,21)/t9-/m1/s1. The molecule has 0 saturated heterocycles. The number of carbonyl (C=O) groups excluding carboxylic acids is 1. The van der Waals surface area contributed by atoms with Crippen LogP contribution >= 0.6 is 23.2 Å².